The third-order valence-corrected chi connectivity index (χ3v) is 6.75. The van der Waals surface area contributed by atoms with Gasteiger partial charge in [0.25, 0.3) is 5.56 Å². The van der Waals surface area contributed by atoms with Gasteiger partial charge in [0.05, 0.1) is 30.8 Å². The van der Waals surface area contributed by atoms with Crippen LogP contribution in [0, 0.1) is 6.92 Å². The molecule has 0 spiro atoms. The molecule has 1 fully saturated rings. The molecule has 4 aromatic rings. The molecule has 38 heavy (non-hydrogen) atoms. The number of pyridine rings is 1. The SMILES string of the molecule is Cc1cn([C@H]2C[C@H](N=[N+]=[N-])[C@@H](CO)O2)c(=O)n(Cc2cccc(Nc3ccnc4cc(Cl)ccc34)c2)c1=O. The number of nitrogens with zero attached hydrogens (tertiary/aromatic N) is 6. The number of anilines is 2. The van der Waals surface area contributed by atoms with E-state index in [-0.39, 0.29) is 19.6 Å². The van der Waals surface area contributed by atoms with E-state index in [1.54, 1.807) is 25.3 Å². The number of aliphatic hydroxyl groups excluding tert-OH is 1. The van der Waals surface area contributed by atoms with E-state index < -0.39 is 29.6 Å². The number of hydrogen-bond acceptors (Lipinski definition) is 7. The van der Waals surface area contributed by atoms with Gasteiger partial charge in [0.15, 0.2) is 0 Å². The third-order valence-electron chi connectivity index (χ3n) is 6.51. The summed E-state index contributed by atoms with van der Waals surface area (Å²) in [6.07, 6.45) is 1.83. The molecule has 3 heterocycles. The number of benzene rings is 2. The van der Waals surface area contributed by atoms with Crippen LogP contribution in [0.3, 0.4) is 0 Å². The molecule has 0 bridgehead atoms. The van der Waals surface area contributed by atoms with Crippen LogP contribution in [0.4, 0.5) is 11.4 Å². The highest BCUT2D eigenvalue weighted by molar-refractivity contribution is 6.31. The average Bonchev–Trinajstić information content (AvgIpc) is 3.32. The molecule has 0 radical (unpaired) electrons. The summed E-state index contributed by atoms with van der Waals surface area (Å²) in [6, 6.07) is 14.2. The Hall–Kier alpha value is -4.15. The number of rotatable bonds is 7. The second-order valence-corrected chi connectivity index (χ2v) is 9.49. The summed E-state index contributed by atoms with van der Waals surface area (Å²) >= 11 is 6.10. The van der Waals surface area contributed by atoms with Crippen LogP contribution in [-0.2, 0) is 11.3 Å². The molecule has 3 atom stereocenters. The molecule has 0 amide bonds. The molecule has 11 nitrogen and oxygen atoms in total. The normalized spacial score (nSPS) is 18.9. The highest BCUT2D eigenvalue weighted by atomic mass is 35.5. The summed E-state index contributed by atoms with van der Waals surface area (Å²) in [6.45, 7) is 1.31. The lowest BCUT2D eigenvalue weighted by molar-refractivity contribution is -0.0277. The minimum Gasteiger partial charge on any atom is -0.394 e. The first-order chi connectivity index (χ1) is 18.4. The highest BCUT2D eigenvalue weighted by Gasteiger charge is 2.36. The minimum absolute atomic E-state index is 0.0392. The molecule has 2 aromatic carbocycles. The molecule has 0 saturated carbocycles. The van der Waals surface area contributed by atoms with E-state index in [0.717, 1.165) is 32.4 Å². The van der Waals surface area contributed by atoms with E-state index in [1.165, 1.54) is 10.8 Å². The van der Waals surface area contributed by atoms with E-state index in [4.69, 9.17) is 21.9 Å². The number of halogens is 1. The summed E-state index contributed by atoms with van der Waals surface area (Å²) in [4.78, 5) is 33.5. The Labute approximate surface area is 221 Å². The Morgan fingerprint density at radius 1 is 1.26 bits per heavy atom. The van der Waals surface area contributed by atoms with Crippen LogP contribution in [0.1, 0.15) is 23.8 Å². The minimum atomic E-state index is -0.776. The van der Waals surface area contributed by atoms with Gasteiger partial charge < -0.3 is 15.2 Å². The Morgan fingerprint density at radius 2 is 2.11 bits per heavy atom. The lowest BCUT2D eigenvalue weighted by atomic mass is 10.1. The lowest BCUT2D eigenvalue weighted by Crippen LogP contribution is -2.42. The Bertz CT molecular complexity index is 1680. The summed E-state index contributed by atoms with van der Waals surface area (Å²) in [7, 11) is 0. The van der Waals surface area contributed by atoms with Gasteiger partial charge in [-0.2, -0.15) is 0 Å². The van der Waals surface area contributed by atoms with Crippen molar-refractivity contribution in [2.24, 2.45) is 5.11 Å². The van der Waals surface area contributed by atoms with Crippen LogP contribution < -0.4 is 16.6 Å². The van der Waals surface area contributed by atoms with Crippen molar-refractivity contribution in [2.45, 2.75) is 38.3 Å². The zero-order valence-corrected chi connectivity index (χ0v) is 21.1. The number of aromatic nitrogens is 3. The van der Waals surface area contributed by atoms with Crippen molar-refractivity contribution >= 4 is 33.9 Å². The number of nitrogens with one attached hydrogen (secondary N) is 1. The fourth-order valence-corrected chi connectivity index (χ4v) is 4.82. The van der Waals surface area contributed by atoms with Crippen molar-refractivity contribution in [3.8, 4) is 0 Å². The van der Waals surface area contributed by atoms with Crippen LogP contribution >= 0.6 is 11.6 Å². The summed E-state index contributed by atoms with van der Waals surface area (Å²) in [5.74, 6) is 0. The number of ether oxygens (including phenoxy) is 1. The fourth-order valence-electron chi connectivity index (χ4n) is 4.66. The molecule has 1 aliphatic rings. The Morgan fingerprint density at radius 3 is 2.89 bits per heavy atom. The first kappa shape index (κ1) is 25.5. The van der Waals surface area contributed by atoms with Gasteiger partial charge >= 0.3 is 5.69 Å². The van der Waals surface area contributed by atoms with E-state index >= 15 is 0 Å². The van der Waals surface area contributed by atoms with E-state index in [0.29, 0.717) is 10.6 Å². The number of aliphatic hydroxyl groups is 1. The molecule has 0 aliphatic carbocycles. The van der Waals surface area contributed by atoms with Crippen molar-refractivity contribution in [1.82, 2.24) is 14.1 Å². The molecule has 1 aliphatic heterocycles. The van der Waals surface area contributed by atoms with Crippen LogP contribution in [0.2, 0.25) is 5.02 Å². The molecular formula is C26H24ClN7O4. The Kier molecular flexibility index (Phi) is 7.17. The number of aryl methyl sites for hydroxylation is 1. The van der Waals surface area contributed by atoms with E-state index in [9.17, 15) is 14.7 Å². The van der Waals surface area contributed by atoms with Gasteiger partial charge in [-0.3, -0.25) is 18.9 Å². The molecule has 5 rings (SSSR count). The molecule has 0 unspecified atom stereocenters. The molecule has 194 valence electrons. The van der Waals surface area contributed by atoms with Crippen LogP contribution in [0.5, 0.6) is 0 Å². The number of azide groups is 1. The van der Waals surface area contributed by atoms with Crippen molar-refractivity contribution in [3.63, 3.8) is 0 Å². The molecule has 1 saturated heterocycles. The monoisotopic (exact) mass is 533 g/mol. The van der Waals surface area contributed by atoms with Gasteiger partial charge in [0.1, 0.15) is 6.23 Å². The van der Waals surface area contributed by atoms with Gasteiger partial charge in [-0.25, -0.2) is 4.79 Å². The summed E-state index contributed by atoms with van der Waals surface area (Å²) in [5.41, 5.74) is 11.3. The van der Waals surface area contributed by atoms with Crippen LogP contribution in [-0.4, -0.2) is 38.0 Å². The number of fused-ring (bicyclic) bond motifs is 1. The average molecular weight is 534 g/mol. The summed E-state index contributed by atoms with van der Waals surface area (Å²) in [5, 5.41) is 18.1. The standard InChI is InChI=1S/C26H24ClN7O4/c1-15-12-33(24-11-22(31-32-28)23(14-35)38-24)26(37)34(25(15)36)13-16-3-2-4-18(9-16)30-20-7-8-29-21-10-17(27)5-6-19(20)21/h2-10,12,22-24,35H,11,13-14H2,1H3,(H,29,30)/t22-,23+,24+/m0/s1. The maximum Gasteiger partial charge on any atom is 0.333 e. The largest absolute Gasteiger partial charge is 0.394 e. The smallest absolute Gasteiger partial charge is 0.333 e. The van der Waals surface area contributed by atoms with Crippen molar-refractivity contribution in [3.05, 3.63) is 108 Å². The summed E-state index contributed by atoms with van der Waals surface area (Å²) < 4.78 is 8.25. The zero-order chi connectivity index (χ0) is 26.8. The second kappa shape index (κ2) is 10.7. The Balaban J connectivity index is 1.44. The maximum absolute atomic E-state index is 13.4. The van der Waals surface area contributed by atoms with Gasteiger partial charge in [-0.15, -0.1) is 0 Å². The highest BCUT2D eigenvalue weighted by Crippen LogP contribution is 2.30. The second-order valence-electron chi connectivity index (χ2n) is 9.06. The lowest BCUT2D eigenvalue weighted by Gasteiger charge is -2.18. The third kappa shape index (κ3) is 5.00. The first-order valence-corrected chi connectivity index (χ1v) is 12.3. The van der Waals surface area contributed by atoms with Gasteiger partial charge in [-0.1, -0.05) is 28.8 Å². The van der Waals surface area contributed by atoms with Crippen LogP contribution in [0.15, 0.2) is 75.6 Å². The first-order valence-electron chi connectivity index (χ1n) is 11.9. The maximum atomic E-state index is 13.4. The molecule has 2 N–H and O–H groups in total. The fraction of sp³-hybridized carbons (Fsp3) is 0.269. The van der Waals surface area contributed by atoms with Gasteiger partial charge in [-0.05, 0) is 54.4 Å². The zero-order valence-electron chi connectivity index (χ0n) is 20.4. The topological polar surface area (TPSA) is 147 Å². The quantitative estimate of drug-likeness (QED) is 0.206. The predicted molar refractivity (Wildman–Crippen MR) is 144 cm³/mol. The van der Waals surface area contributed by atoms with Crippen LogP contribution in [0.25, 0.3) is 21.3 Å². The molecule has 2 aromatic heterocycles. The van der Waals surface area contributed by atoms with Gasteiger partial charge in [0, 0.05) is 51.1 Å². The van der Waals surface area contributed by atoms with Gasteiger partial charge in [0.2, 0.25) is 0 Å². The van der Waals surface area contributed by atoms with Crippen molar-refractivity contribution in [1.29, 1.82) is 0 Å². The van der Waals surface area contributed by atoms with E-state index in [2.05, 4.69) is 20.3 Å². The van der Waals surface area contributed by atoms with E-state index in [1.807, 2.05) is 36.4 Å². The van der Waals surface area contributed by atoms with Crippen molar-refractivity contribution < 1.29 is 9.84 Å². The number of hydrogen-bond donors (Lipinski definition) is 2. The predicted octanol–water partition coefficient (Wildman–Crippen LogP) is 4.27. The molecular weight excluding hydrogens is 510 g/mol. The molecule has 12 heteroatoms. The van der Waals surface area contributed by atoms with Crippen molar-refractivity contribution in [2.75, 3.05) is 11.9 Å².